The van der Waals surface area contributed by atoms with Gasteiger partial charge in [-0.2, -0.15) is 0 Å². The van der Waals surface area contributed by atoms with Crippen LogP contribution in [0.5, 0.6) is 0 Å². The standard InChI is InChI=1S/C16H21N3O3/c1-3-6-13-15(21)19(16(22)18-13)10-14(20)17-12-8-5-7-11(4-2)9-12/h5,7-9,13H,3-4,6,10H2,1-2H3,(H,17,20)(H,18,22). The number of hydrogen-bond acceptors (Lipinski definition) is 3. The number of anilines is 1. The first kappa shape index (κ1) is 16.0. The van der Waals surface area contributed by atoms with Crippen molar-refractivity contribution < 1.29 is 14.4 Å². The molecule has 0 radical (unpaired) electrons. The lowest BCUT2D eigenvalue weighted by Crippen LogP contribution is -2.38. The molecule has 1 aromatic carbocycles. The highest BCUT2D eigenvalue weighted by molar-refractivity contribution is 6.07. The smallest absolute Gasteiger partial charge is 0.325 e. The number of nitrogens with one attached hydrogen (secondary N) is 2. The summed E-state index contributed by atoms with van der Waals surface area (Å²) in [7, 11) is 0. The second kappa shape index (κ2) is 7.06. The fourth-order valence-corrected chi connectivity index (χ4v) is 2.42. The van der Waals surface area contributed by atoms with E-state index in [-0.39, 0.29) is 18.4 Å². The Balaban J connectivity index is 1.97. The molecule has 1 heterocycles. The Labute approximate surface area is 129 Å². The number of urea groups is 1. The number of amides is 4. The summed E-state index contributed by atoms with van der Waals surface area (Å²) >= 11 is 0. The van der Waals surface area contributed by atoms with Gasteiger partial charge in [0.2, 0.25) is 5.91 Å². The fourth-order valence-electron chi connectivity index (χ4n) is 2.42. The van der Waals surface area contributed by atoms with Crippen LogP contribution in [0.1, 0.15) is 32.3 Å². The molecule has 0 saturated carbocycles. The van der Waals surface area contributed by atoms with E-state index in [9.17, 15) is 14.4 Å². The normalized spacial score (nSPS) is 17.5. The molecule has 1 saturated heterocycles. The molecular formula is C16H21N3O3. The molecular weight excluding hydrogens is 282 g/mol. The van der Waals surface area contributed by atoms with E-state index in [4.69, 9.17) is 0 Å². The quantitative estimate of drug-likeness (QED) is 0.788. The summed E-state index contributed by atoms with van der Waals surface area (Å²) in [5, 5.41) is 5.32. The molecule has 4 amide bonds. The summed E-state index contributed by atoms with van der Waals surface area (Å²) in [6, 6.07) is 6.49. The molecule has 0 aliphatic carbocycles. The molecule has 118 valence electrons. The molecule has 22 heavy (non-hydrogen) atoms. The minimum Gasteiger partial charge on any atom is -0.326 e. The monoisotopic (exact) mass is 303 g/mol. The average Bonchev–Trinajstić information content (AvgIpc) is 2.75. The first-order chi connectivity index (χ1) is 10.5. The minimum atomic E-state index is -0.506. The van der Waals surface area contributed by atoms with Gasteiger partial charge in [0, 0.05) is 5.69 Å². The van der Waals surface area contributed by atoms with Crippen LogP contribution in [-0.2, 0) is 16.0 Å². The van der Waals surface area contributed by atoms with Gasteiger partial charge >= 0.3 is 6.03 Å². The summed E-state index contributed by atoms with van der Waals surface area (Å²) in [5.41, 5.74) is 1.78. The second-order valence-electron chi connectivity index (χ2n) is 5.32. The lowest BCUT2D eigenvalue weighted by Gasteiger charge is -2.13. The molecule has 2 rings (SSSR count). The van der Waals surface area contributed by atoms with E-state index in [0.29, 0.717) is 12.1 Å². The maximum absolute atomic E-state index is 12.1. The number of rotatable bonds is 6. The van der Waals surface area contributed by atoms with Gasteiger partial charge in [-0.3, -0.25) is 14.5 Å². The van der Waals surface area contributed by atoms with Crippen LogP contribution in [0.15, 0.2) is 24.3 Å². The van der Waals surface area contributed by atoms with Gasteiger partial charge in [0.05, 0.1) is 0 Å². The van der Waals surface area contributed by atoms with E-state index in [1.807, 2.05) is 32.0 Å². The van der Waals surface area contributed by atoms with Crippen molar-refractivity contribution >= 4 is 23.5 Å². The molecule has 6 heteroatoms. The van der Waals surface area contributed by atoms with Gasteiger partial charge in [-0.15, -0.1) is 0 Å². The van der Waals surface area contributed by atoms with Crippen LogP contribution in [0.3, 0.4) is 0 Å². The Kier molecular flexibility index (Phi) is 5.14. The average molecular weight is 303 g/mol. The van der Waals surface area contributed by atoms with Crippen LogP contribution in [0.4, 0.5) is 10.5 Å². The summed E-state index contributed by atoms with van der Waals surface area (Å²) in [5.74, 6) is -0.710. The second-order valence-corrected chi connectivity index (χ2v) is 5.32. The lowest BCUT2D eigenvalue weighted by molar-refractivity contribution is -0.130. The molecule has 0 spiro atoms. The molecule has 0 aromatic heterocycles. The molecule has 1 aliphatic heterocycles. The third-order valence-corrected chi connectivity index (χ3v) is 3.61. The van der Waals surface area contributed by atoms with Gasteiger partial charge in [-0.1, -0.05) is 32.4 Å². The van der Waals surface area contributed by atoms with E-state index < -0.39 is 12.1 Å². The summed E-state index contributed by atoms with van der Waals surface area (Å²) in [4.78, 5) is 36.8. The maximum Gasteiger partial charge on any atom is 0.325 e. The highest BCUT2D eigenvalue weighted by Gasteiger charge is 2.38. The van der Waals surface area contributed by atoms with Gasteiger partial charge in [-0.05, 0) is 30.5 Å². The largest absolute Gasteiger partial charge is 0.326 e. The number of carbonyl (C=O) groups is 3. The Morgan fingerprint density at radius 2 is 2.09 bits per heavy atom. The third-order valence-electron chi connectivity index (χ3n) is 3.61. The van der Waals surface area contributed by atoms with Gasteiger partial charge in [0.25, 0.3) is 5.91 Å². The number of carbonyl (C=O) groups excluding carboxylic acids is 3. The zero-order valence-electron chi connectivity index (χ0n) is 12.9. The predicted octanol–water partition coefficient (Wildman–Crippen LogP) is 1.91. The number of imide groups is 1. The van der Waals surface area contributed by atoms with E-state index in [0.717, 1.165) is 23.3 Å². The molecule has 1 aliphatic rings. The van der Waals surface area contributed by atoms with Crippen molar-refractivity contribution in [3.63, 3.8) is 0 Å². The van der Waals surface area contributed by atoms with Crippen LogP contribution >= 0.6 is 0 Å². The molecule has 0 bridgehead atoms. The summed E-state index contributed by atoms with van der Waals surface area (Å²) in [6.45, 7) is 3.71. The third kappa shape index (κ3) is 3.63. The fraction of sp³-hybridized carbons (Fsp3) is 0.438. The molecule has 1 unspecified atom stereocenters. The minimum absolute atomic E-state index is 0.263. The van der Waals surface area contributed by atoms with Gasteiger partial charge in [-0.25, -0.2) is 4.79 Å². The van der Waals surface area contributed by atoms with Crippen LogP contribution in [0, 0.1) is 0 Å². The Hall–Kier alpha value is -2.37. The lowest BCUT2D eigenvalue weighted by atomic mass is 10.1. The van der Waals surface area contributed by atoms with E-state index in [1.54, 1.807) is 6.07 Å². The van der Waals surface area contributed by atoms with E-state index in [1.165, 1.54) is 0 Å². The zero-order valence-corrected chi connectivity index (χ0v) is 12.9. The molecule has 6 nitrogen and oxygen atoms in total. The summed E-state index contributed by atoms with van der Waals surface area (Å²) < 4.78 is 0. The molecule has 1 atom stereocenters. The van der Waals surface area contributed by atoms with Crippen molar-refractivity contribution in [2.75, 3.05) is 11.9 Å². The topological polar surface area (TPSA) is 78.5 Å². The number of nitrogens with zero attached hydrogens (tertiary/aromatic N) is 1. The van der Waals surface area contributed by atoms with Crippen molar-refractivity contribution in [3.05, 3.63) is 29.8 Å². The zero-order chi connectivity index (χ0) is 16.1. The van der Waals surface area contributed by atoms with Crippen molar-refractivity contribution in [1.82, 2.24) is 10.2 Å². The van der Waals surface area contributed by atoms with E-state index >= 15 is 0 Å². The van der Waals surface area contributed by atoms with Gasteiger partial charge in [0.1, 0.15) is 12.6 Å². The van der Waals surface area contributed by atoms with Crippen LogP contribution in [-0.4, -0.2) is 35.3 Å². The number of hydrogen-bond donors (Lipinski definition) is 2. The van der Waals surface area contributed by atoms with Crippen LogP contribution < -0.4 is 10.6 Å². The SMILES string of the molecule is CCCC1NC(=O)N(CC(=O)Nc2cccc(CC)c2)C1=O. The Morgan fingerprint density at radius 3 is 2.77 bits per heavy atom. The highest BCUT2D eigenvalue weighted by Crippen LogP contribution is 2.13. The molecule has 2 N–H and O–H groups in total. The number of benzene rings is 1. The van der Waals surface area contributed by atoms with Crippen LogP contribution in [0.2, 0.25) is 0 Å². The first-order valence-electron chi connectivity index (χ1n) is 7.55. The Bertz CT molecular complexity index is 586. The first-order valence-corrected chi connectivity index (χ1v) is 7.55. The van der Waals surface area contributed by atoms with Gasteiger partial charge < -0.3 is 10.6 Å². The van der Waals surface area contributed by atoms with Gasteiger partial charge in [0.15, 0.2) is 0 Å². The van der Waals surface area contributed by atoms with Crippen molar-refractivity contribution in [2.45, 2.75) is 39.2 Å². The highest BCUT2D eigenvalue weighted by atomic mass is 16.2. The van der Waals surface area contributed by atoms with E-state index in [2.05, 4.69) is 10.6 Å². The predicted molar refractivity (Wildman–Crippen MR) is 83.4 cm³/mol. The maximum atomic E-state index is 12.1. The Morgan fingerprint density at radius 1 is 1.32 bits per heavy atom. The molecule has 1 aromatic rings. The molecule has 1 fully saturated rings. The van der Waals surface area contributed by atoms with Crippen molar-refractivity contribution in [3.8, 4) is 0 Å². The van der Waals surface area contributed by atoms with Crippen molar-refractivity contribution in [2.24, 2.45) is 0 Å². The van der Waals surface area contributed by atoms with Crippen molar-refractivity contribution in [1.29, 1.82) is 0 Å². The van der Waals surface area contributed by atoms with Crippen LogP contribution in [0.25, 0.3) is 0 Å². The summed E-state index contributed by atoms with van der Waals surface area (Å²) in [6.07, 6.45) is 2.25. The number of aryl methyl sites for hydroxylation is 1.